The van der Waals surface area contributed by atoms with Crippen molar-refractivity contribution in [2.24, 2.45) is 0 Å². The zero-order valence-electron chi connectivity index (χ0n) is 19.2. The molecule has 32 heavy (non-hydrogen) atoms. The van der Waals surface area contributed by atoms with E-state index in [4.69, 9.17) is 0 Å². The molecule has 1 amide bonds. The molecule has 0 saturated carbocycles. The SMILES string of the molecule is Cc1cc(C)c(NC(=O)Cn2nc(-c3cccs3)c3cnn(C(C)(C)C)c3c2=O)c(C)c1. The van der Waals surface area contributed by atoms with Crippen LogP contribution in [0.1, 0.15) is 37.5 Å². The summed E-state index contributed by atoms with van der Waals surface area (Å²) in [5.41, 5.74) is 4.25. The lowest BCUT2D eigenvalue weighted by atomic mass is 10.1. The molecule has 0 atom stereocenters. The van der Waals surface area contributed by atoms with Gasteiger partial charge in [-0.3, -0.25) is 14.3 Å². The van der Waals surface area contributed by atoms with Crippen molar-refractivity contribution in [2.75, 3.05) is 5.32 Å². The van der Waals surface area contributed by atoms with Crippen LogP contribution >= 0.6 is 11.3 Å². The molecule has 1 N–H and O–H groups in total. The van der Waals surface area contributed by atoms with E-state index in [0.717, 1.165) is 27.3 Å². The smallest absolute Gasteiger partial charge is 0.293 e. The Morgan fingerprint density at radius 2 is 1.84 bits per heavy atom. The zero-order chi connectivity index (χ0) is 23.2. The molecule has 4 rings (SSSR count). The number of hydrogen-bond donors (Lipinski definition) is 1. The number of carbonyl (C=O) groups is 1. The highest BCUT2D eigenvalue weighted by Crippen LogP contribution is 2.30. The average Bonchev–Trinajstić information content (AvgIpc) is 3.36. The van der Waals surface area contributed by atoms with E-state index < -0.39 is 5.54 Å². The molecule has 0 aliphatic rings. The Labute approximate surface area is 190 Å². The maximum absolute atomic E-state index is 13.4. The number of nitrogens with one attached hydrogen (secondary N) is 1. The largest absolute Gasteiger partial charge is 0.324 e. The van der Waals surface area contributed by atoms with E-state index in [0.29, 0.717) is 16.6 Å². The summed E-state index contributed by atoms with van der Waals surface area (Å²) in [4.78, 5) is 27.3. The van der Waals surface area contributed by atoms with Crippen LogP contribution in [0, 0.1) is 20.8 Å². The van der Waals surface area contributed by atoms with Gasteiger partial charge in [-0.2, -0.15) is 10.2 Å². The Morgan fingerprint density at radius 3 is 2.44 bits per heavy atom. The Kier molecular flexibility index (Phi) is 5.50. The summed E-state index contributed by atoms with van der Waals surface area (Å²) in [5, 5.41) is 14.7. The number of fused-ring (bicyclic) bond motifs is 1. The Hall–Kier alpha value is -3.26. The highest BCUT2D eigenvalue weighted by molar-refractivity contribution is 7.13. The molecule has 7 nitrogen and oxygen atoms in total. The molecular formula is C24H27N5O2S. The molecule has 0 spiro atoms. The molecule has 0 bridgehead atoms. The van der Waals surface area contributed by atoms with Crippen molar-refractivity contribution in [1.29, 1.82) is 0 Å². The Bertz CT molecular complexity index is 1350. The third-order valence-electron chi connectivity index (χ3n) is 5.31. The number of hydrogen-bond acceptors (Lipinski definition) is 5. The van der Waals surface area contributed by atoms with Gasteiger partial charge in [-0.05, 0) is 64.1 Å². The predicted molar refractivity (Wildman–Crippen MR) is 129 cm³/mol. The normalized spacial score (nSPS) is 11.8. The van der Waals surface area contributed by atoms with Crippen molar-refractivity contribution >= 4 is 33.8 Å². The number of anilines is 1. The van der Waals surface area contributed by atoms with Crippen molar-refractivity contribution < 1.29 is 4.79 Å². The highest BCUT2D eigenvalue weighted by Gasteiger charge is 2.24. The average molecular weight is 450 g/mol. The molecule has 0 aliphatic carbocycles. The Morgan fingerprint density at radius 1 is 1.16 bits per heavy atom. The molecule has 0 unspecified atom stereocenters. The van der Waals surface area contributed by atoms with Crippen LogP contribution in [0.4, 0.5) is 5.69 Å². The maximum atomic E-state index is 13.4. The fraction of sp³-hybridized carbons (Fsp3) is 0.333. The lowest BCUT2D eigenvalue weighted by Crippen LogP contribution is -2.33. The summed E-state index contributed by atoms with van der Waals surface area (Å²) in [6.45, 7) is 11.7. The first-order valence-electron chi connectivity index (χ1n) is 10.5. The third kappa shape index (κ3) is 3.98. The van der Waals surface area contributed by atoms with Crippen LogP contribution in [-0.2, 0) is 16.9 Å². The second-order valence-electron chi connectivity index (χ2n) is 9.10. The molecule has 3 aromatic heterocycles. The number of amides is 1. The minimum atomic E-state index is -0.398. The summed E-state index contributed by atoms with van der Waals surface area (Å²) in [7, 11) is 0. The zero-order valence-corrected chi connectivity index (χ0v) is 20.0. The number of thiophene rings is 1. The molecule has 166 valence electrons. The second kappa shape index (κ2) is 8.02. The van der Waals surface area contributed by atoms with Crippen LogP contribution in [0.3, 0.4) is 0 Å². The standard InChI is InChI=1S/C24H27N5O2S/c1-14-10-15(2)20(16(3)11-14)26-19(30)13-28-23(31)22-17(12-25-29(22)24(4,5)6)21(27-28)18-8-7-9-32-18/h7-12H,13H2,1-6H3,(H,26,30). The monoisotopic (exact) mass is 449 g/mol. The number of aromatic nitrogens is 4. The summed E-state index contributed by atoms with van der Waals surface area (Å²) in [5.74, 6) is -0.298. The van der Waals surface area contributed by atoms with Crippen LogP contribution in [0.5, 0.6) is 0 Å². The first-order chi connectivity index (χ1) is 15.1. The number of rotatable bonds is 4. The van der Waals surface area contributed by atoms with Crippen LogP contribution < -0.4 is 10.9 Å². The van der Waals surface area contributed by atoms with Crippen LogP contribution in [0.25, 0.3) is 21.5 Å². The topological polar surface area (TPSA) is 81.8 Å². The molecule has 1 aromatic carbocycles. The molecule has 8 heteroatoms. The van der Waals surface area contributed by atoms with Gasteiger partial charge in [0.2, 0.25) is 5.91 Å². The fourth-order valence-electron chi connectivity index (χ4n) is 3.97. The van der Waals surface area contributed by atoms with Crippen molar-refractivity contribution in [3.63, 3.8) is 0 Å². The van der Waals surface area contributed by atoms with Gasteiger partial charge in [0.1, 0.15) is 17.8 Å². The van der Waals surface area contributed by atoms with Gasteiger partial charge >= 0.3 is 0 Å². The molecule has 0 fully saturated rings. The first-order valence-corrected chi connectivity index (χ1v) is 11.3. The van der Waals surface area contributed by atoms with Gasteiger partial charge in [0.05, 0.1) is 22.0 Å². The molecule has 0 radical (unpaired) electrons. The van der Waals surface area contributed by atoms with Gasteiger partial charge in [-0.25, -0.2) is 4.68 Å². The van der Waals surface area contributed by atoms with E-state index in [1.54, 1.807) is 10.9 Å². The predicted octanol–water partition coefficient (Wildman–Crippen LogP) is 4.64. The lowest BCUT2D eigenvalue weighted by molar-refractivity contribution is -0.117. The van der Waals surface area contributed by atoms with E-state index in [1.165, 1.54) is 16.0 Å². The van der Waals surface area contributed by atoms with Gasteiger partial charge in [-0.15, -0.1) is 11.3 Å². The Balaban J connectivity index is 1.80. The highest BCUT2D eigenvalue weighted by atomic mass is 32.1. The van der Waals surface area contributed by atoms with E-state index in [-0.39, 0.29) is 18.0 Å². The summed E-state index contributed by atoms with van der Waals surface area (Å²) in [6, 6.07) is 7.94. The molecule has 0 saturated heterocycles. The van der Waals surface area contributed by atoms with E-state index >= 15 is 0 Å². The second-order valence-corrected chi connectivity index (χ2v) is 10.0. The van der Waals surface area contributed by atoms with Crippen molar-refractivity contribution in [2.45, 2.75) is 53.6 Å². The van der Waals surface area contributed by atoms with Crippen molar-refractivity contribution in [3.05, 3.63) is 62.9 Å². The summed E-state index contributed by atoms with van der Waals surface area (Å²) >= 11 is 1.53. The minimum Gasteiger partial charge on any atom is -0.324 e. The van der Waals surface area contributed by atoms with Crippen LogP contribution in [0.2, 0.25) is 0 Å². The molecule has 4 aromatic rings. The number of aryl methyl sites for hydroxylation is 3. The van der Waals surface area contributed by atoms with Gasteiger partial charge in [-0.1, -0.05) is 23.8 Å². The first kappa shape index (κ1) is 22.0. The van der Waals surface area contributed by atoms with Gasteiger partial charge in [0.15, 0.2) is 0 Å². The van der Waals surface area contributed by atoms with Crippen LogP contribution in [-0.4, -0.2) is 25.5 Å². The van der Waals surface area contributed by atoms with Gasteiger partial charge < -0.3 is 5.32 Å². The lowest BCUT2D eigenvalue weighted by Gasteiger charge is -2.20. The minimum absolute atomic E-state index is 0.185. The van der Waals surface area contributed by atoms with Crippen molar-refractivity contribution in [3.8, 4) is 10.6 Å². The third-order valence-corrected chi connectivity index (χ3v) is 6.18. The number of carbonyl (C=O) groups excluding carboxylic acids is 1. The molecular weight excluding hydrogens is 422 g/mol. The quantitative estimate of drug-likeness (QED) is 0.492. The van der Waals surface area contributed by atoms with Gasteiger partial charge in [0, 0.05) is 5.69 Å². The van der Waals surface area contributed by atoms with E-state index in [9.17, 15) is 9.59 Å². The fourth-order valence-corrected chi connectivity index (χ4v) is 4.70. The molecule has 3 heterocycles. The summed E-state index contributed by atoms with van der Waals surface area (Å²) in [6.07, 6.45) is 1.69. The van der Waals surface area contributed by atoms with Crippen molar-refractivity contribution in [1.82, 2.24) is 19.6 Å². The maximum Gasteiger partial charge on any atom is 0.293 e. The van der Waals surface area contributed by atoms with Crippen LogP contribution in [0.15, 0.2) is 40.6 Å². The summed E-state index contributed by atoms with van der Waals surface area (Å²) < 4.78 is 2.96. The number of benzene rings is 1. The van der Waals surface area contributed by atoms with E-state index in [1.807, 2.05) is 71.2 Å². The molecule has 0 aliphatic heterocycles. The van der Waals surface area contributed by atoms with Gasteiger partial charge in [0.25, 0.3) is 5.56 Å². The number of nitrogens with zero attached hydrogens (tertiary/aromatic N) is 4. The van der Waals surface area contributed by atoms with E-state index in [2.05, 4.69) is 15.5 Å².